The molecule has 4 aromatic heterocycles. The van der Waals surface area contributed by atoms with E-state index in [1.807, 2.05) is 6.07 Å². The Morgan fingerprint density at radius 2 is 0.733 bits per heavy atom. The maximum atomic E-state index is 11.0. The highest BCUT2D eigenvalue weighted by molar-refractivity contribution is 6.29. The van der Waals surface area contributed by atoms with Crippen molar-refractivity contribution in [2.24, 2.45) is 0 Å². The Labute approximate surface area is 344 Å². The average molecular weight is 764 g/mol. The Hall–Kier alpha value is -8.33. The van der Waals surface area contributed by atoms with Crippen molar-refractivity contribution in [1.29, 1.82) is 5.26 Å². The number of nitrogens with zero attached hydrogens (tertiary/aromatic N) is 5. The second-order valence-corrected chi connectivity index (χ2v) is 15.6. The first-order valence-electron chi connectivity index (χ1n) is 20.3. The highest BCUT2D eigenvalue weighted by Gasteiger charge is 2.26. The molecule has 5 nitrogen and oxygen atoms in total. The summed E-state index contributed by atoms with van der Waals surface area (Å²) < 4.78 is 9.54. The van der Waals surface area contributed by atoms with Gasteiger partial charge in [-0.2, -0.15) is 5.26 Å². The van der Waals surface area contributed by atoms with Crippen molar-refractivity contribution in [3.05, 3.63) is 206 Å². The van der Waals surface area contributed by atoms with Crippen LogP contribution in [0.2, 0.25) is 0 Å². The van der Waals surface area contributed by atoms with Crippen LogP contribution in [-0.4, -0.2) is 18.3 Å². The van der Waals surface area contributed by atoms with E-state index in [-0.39, 0.29) is 0 Å². The van der Waals surface area contributed by atoms with Gasteiger partial charge in [0.1, 0.15) is 6.07 Å². The molecule has 0 radical (unpaired) electrons. The molecular weight excluding hydrogens is 731 g/mol. The Morgan fingerprint density at radius 3 is 1.35 bits per heavy atom. The molecule has 5 heteroatoms. The zero-order chi connectivity index (χ0) is 39.5. The summed E-state index contributed by atoms with van der Waals surface area (Å²) in [5, 5.41) is 20.2. The summed E-state index contributed by atoms with van der Waals surface area (Å²) in [6.07, 6.45) is 0. The van der Waals surface area contributed by atoms with E-state index in [4.69, 9.17) is 0 Å². The second kappa shape index (κ2) is 12.3. The van der Waals surface area contributed by atoms with Gasteiger partial charge in [0.05, 0.1) is 49.7 Å². The highest BCUT2D eigenvalue weighted by atomic mass is 15.0. The van der Waals surface area contributed by atoms with Crippen molar-refractivity contribution < 1.29 is 0 Å². The van der Waals surface area contributed by atoms with E-state index in [9.17, 15) is 5.26 Å². The van der Waals surface area contributed by atoms with Gasteiger partial charge in [-0.25, -0.2) is 0 Å². The van der Waals surface area contributed by atoms with Gasteiger partial charge < -0.3 is 18.3 Å². The third-order valence-electron chi connectivity index (χ3n) is 12.5. The third kappa shape index (κ3) is 4.34. The van der Waals surface area contributed by atoms with E-state index in [2.05, 4.69) is 218 Å². The molecule has 60 heavy (non-hydrogen) atoms. The van der Waals surface area contributed by atoms with E-state index in [0.29, 0.717) is 5.56 Å². The molecule has 0 N–H and O–H groups in total. The summed E-state index contributed by atoms with van der Waals surface area (Å²) in [5.74, 6) is 0. The maximum absolute atomic E-state index is 11.0. The van der Waals surface area contributed by atoms with Gasteiger partial charge in [-0.1, -0.05) is 115 Å². The molecule has 0 aliphatic heterocycles. The molecule has 0 aliphatic carbocycles. The third-order valence-corrected chi connectivity index (χ3v) is 12.5. The first kappa shape index (κ1) is 32.7. The monoisotopic (exact) mass is 763 g/mol. The molecule has 0 atom stereocenters. The minimum atomic E-state index is 0.641. The van der Waals surface area contributed by atoms with Crippen molar-refractivity contribution in [1.82, 2.24) is 18.3 Å². The lowest BCUT2D eigenvalue weighted by Crippen LogP contribution is -1.97. The fraction of sp³-hybridized carbons (Fsp3) is 0. The normalized spacial score (nSPS) is 12.0. The van der Waals surface area contributed by atoms with Gasteiger partial charge in [0, 0.05) is 65.8 Å². The molecule has 0 unspecified atom stereocenters. The Morgan fingerprint density at radius 1 is 0.283 bits per heavy atom. The number of rotatable bonds is 4. The zero-order valence-electron chi connectivity index (χ0n) is 32.3. The predicted molar refractivity (Wildman–Crippen MR) is 249 cm³/mol. The number of nitriles is 1. The Kier molecular flexibility index (Phi) is 6.73. The van der Waals surface area contributed by atoms with Crippen LogP contribution in [0.15, 0.2) is 200 Å². The van der Waals surface area contributed by atoms with Crippen molar-refractivity contribution in [2.45, 2.75) is 0 Å². The van der Waals surface area contributed by atoms with E-state index in [0.717, 1.165) is 77.4 Å². The van der Waals surface area contributed by atoms with E-state index >= 15 is 0 Å². The fourth-order valence-corrected chi connectivity index (χ4v) is 10.2. The van der Waals surface area contributed by atoms with Crippen molar-refractivity contribution in [2.75, 3.05) is 0 Å². The van der Waals surface area contributed by atoms with Crippen LogP contribution in [0.4, 0.5) is 0 Å². The molecule has 0 saturated heterocycles. The quantitative estimate of drug-likeness (QED) is 0.176. The number of aromatic nitrogens is 4. The molecule has 0 saturated carbocycles. The van der Waals surface area contributed by atoms with Gasteiger partial charge in [0.25, 0.3) is 0 Å². The standard InChI is InChI=1S/C55H33N5/c56-34-35-32-44-41-23-11-14-26-47(41)59(38-20-8-3-9-21-38)55(44)52-45-33-39(28-30-49(45)58(53(35)52)37-18-6-2-7-19-37)60-46-25-13-10-22-40(46)42-29-31-50-51(54(42)60)43-24-12-15-27-48(43)57(50)36-16-4-1-5-17-36/h1-33H. The molecule has 9 aromatic carbocycles. The van der Waals surface area contributed by atoms with Gasteiger partial charge in [-0.3, -0.25) is 0 Å². The summed E-state index contributed by atoms with van der Waals surface area (Å²) in [6.45, 7) is 0. The summed E-state index contributed by atoms with van der Waals surface area (Å²) in [5.41, 5.74) is 13.7. The van der Waals surface area contributed by atoms with E-state index in [1.54, 1.807) is 0 Å². The molecule has 4 heterocycles. The minimum absolute atomic E-state index is 0.641. The number of hydrogen-bond donors (Lipinski definition) is 0. The van der Waals surface area contributed by atoms with Crippen molar-refractivity contribution in [3.8, 4) is 28.8 Å². The van der Waals surface area contributed by atoms with E-state index in [1.165, 1.54) is 32.6 Å². The predicted octanol–water partition coefficient (Wildman–Crippen LogP) is 13.9. The fourth-order valence-electron chi connectivity index (χ4n) is 10.2. The molecule has 0 aliphatic rings. The summed E-state index contributed by atoms with van der Waals surface area (Å²) in [6, 6.07) is 74.1. The molecule has 0 fully saturated rings. The van der Waals surface area contributed by atoms with E-state index < -0.39 is 0 Å². The first-order valence-corrected chi connectivity index (χ1v) is 20.3. The molecule has 0 amide bonds. The summed E-state index contributed by atoms with van der Waals surface area (Å²) in [4.78, 5) is 0. The topological polar surface area (TPSA) is 43.5 Å². The lowest BCUT2D eigenvalue weighted by atomic mass is 10.0. The lowest BCUT2D eigenvalue weighted by Gasteiger charge is -2.11. The number of para-hydroxylation sites is 6. The smallest absolute Gasteiger partial charge is 0.101 e. The largest absolute Gasteiger partial charge is 0.309 e. The van der Waals surface area contributed by atoms with Gasteiger partial charge in [0.2, 0.25) is 0 Å². The first-order chi connectivity index (χ1) is 29.8. The van der Waals surface area contributed by atoms with Gasteiger partial charge in [-0.05, 0) is 84.9 Å². The summed E-state index contributed by atoms with van der Waals surface area (Å²) >= 11 is 0. The molecular formula is C55H33N5. The molecule has 0 bridgehead atoms. The van der Waals surface area contributed by atoms with Crippen LogP contribution in [0.3, 0.4) is 0 Å². The zero-order valence-corrected chi connectivity index (χ0v) is 32.3. The van der Waals surface area contributed by atoms with Crippen LogP contribution in [0.1, 0.15) is 5.56 Å². The van der Waals surface area contributed by atoms with Gasteiger partial charge >= 0.3 is 0 Å². The maximum Gasteiger partial charge on any atom is 0.101 e. The second-order valence-electron chi connectivity index (χ2n) is 15.6. The Bertz CT molecular complexity index is 3930. The van der Waals surface area contributed by atoms with Crippen LogP contribution in [0.25, 0.3) is 110 Å². The van der Waals surface area contributed by atoms with Crippen LogP contribution in [-0.2, 0) is 0 Å². The summed E-state index contributed by atoms with van der Waals surface area (Å²) in [7, 11) is 0. The minimum Gasteiger partial charge on any atom is -0.309 e. The van der Waals surface area contributed by atoms with Crippen LogP contribution >= 0.6 is 0 Å². The average Bonchev–Trinajstić information content (AvgIpc) is 4.04. The van der Waals surface area contributed by atoms with Crippen molar-refractivity contribution in [3.63, 3.8) is 0 Å². The van der Waals surface area contributed by atoms with Crippen molar-refractivity contribution >= 4 is 87.2 Å². The highest BCUT2D eigenvalue weighted by Crippen LogP contribution is 2.46. The molecule has 13 aromatic rings. The lowest BCUT2D eigenvalue weighted by molar-refractivity contribution is 1.16. The van der Waals surface area contributed by atoms with Gasteiger partial charge in [-0.15, -0.1) is 0 Å². The number of benzene rings is 9. The number of fused-ring (bicyclic) bond motifs is 14. The molecule has 0 spiro atoms. The Balaban J connectivity index is 1.24. The molecule has 278 valence electrons. The van der Waals surface area contributed by atoms with Gasteiger partial charge in [0.15, 0.2) is 0 Å². The molecule has 13 rings (SSSR count). The van der Waals surface area contributed by atoms with Crippen LogP contribution < -0.4 is 0 Å². The number of hydrogen-bond acceptors (Lipinski definition) is 1. The van der Waals surface area contributed by atoms with Crippen LogP contribution in [0.5, 0.6) is 0 Å². The SMILES string of the molecule is N#Cc1cc2c3ccccc3n(-c3ccccc3)c2c2c3cc(-n4c5ccccc5c5ccc6c(c7ccccc7n6-c6ccccc6)c54)ccc3n(-c3ccccc3)c12. The van der Waals surface area contributed by atoms with Crippen LogP contribution in [0, 0.1) is 11.3 Å².